The molecule has 0 bridgehead atoms. The van der Waals surface area contributed by atoms with E-state index in [0.29, 0.717) is 18.6 Å². The van der Waals surface area contributed by atoms with Crippen LogP contribution in [0.2, 0.25) is 25.7 Å². The van der Waals surface area contributed by atoms with Gasteiger partial charge in [0.15, 0.2) is 0 Å². The fraction of sp³-hybridized carbons (Fsp3) is 0.655. The van der Waals surface area contributed by atoms with Gasteiger partial charge in [-0.25, -0.2) is 4.68 Å². The van der Waals surface area contributed by atoms with Gasteiger partial charge in [0.05, 0.1) is 5.41 Å². The minimum absolute atomic E-state index is 0.128. The molecule has 2 aromatic rings. The first-order chi connectivity index (χ1) is 16.5. The Morgan fingerprint density at radius 2 is 1.74 bits per heavy atom. The van der Waals surface area contributed by atoms with E-state index in [1.54, 1.807) is 0 Å². The van der Waals surface area contributed by atoms with Crippen LogP contribution < -0.4 is 4.90 Å². The number of hydrogen-bond donors (Lipinski definition) is 0. The standard InChI is InChI=1S/C29H45N3O2Si/c1-28(2,3)24-7-9-25(10-8-24)31-18-16-29(27(31)33)14-11-23(12-15-29)21-26-13-17-30-32(26)22-34-19-20-35(4,5)6/h7-10,13,17,23H,11-12,14-16,18-22H2,1-6H3. The average Bonchev–Trinajstić information content (AvgIpc) is 3.36. The molecule has 1 saturated carbocycles. The van der Waals surface area contributed by atoms with Crippen molar-refractivity contribution in [2.45, 2.75) is 97.1 Å². The molecule has 0 radical (unpaired) electrons. The minimum Gasteiger partial charge on any atom is -0.360 e. The predicted molar refractivity (Wildman–Crippen MR) is 147 cm³/mol. The van der Waals surface area contributed by atoms with Crippen molar-refractivity contribution >= 4 is 19.7 Å². The smallest absolute Gasteiger partial charge is 0.233 e. The van der Waals surface area contributed by atoms with Crippen LogP contribution in [0.5, 0.6) is 0 Å². The van der Waals surface area contributed by atoms with Gasteiger partial charge in [-0.05, 0) is 79.7 Å². The van der Waals surface area contributed by atoms with Crippen molar-refractivity contribution in [1.29, 1.82) is 0 Å². The van der Waals surface area contributed by atoms with Gasteiger partial charge in [-0.3, -0.25) is 4.79 Å². The Labute approximate surface area is 213 Å². The van der Waals surface area contributed by atoms with E-state index in [4.69, 9.17) is 4.74 Å². The molecule has 2 fully saturated rings. The Hall–Kier alpha value is -1.92. The van der Waals surface area contributed by atoms with Crippen molar-refractivity contribution in [3.63, 3.8) is 0 Å². The highest BCUT2D eigenvalue weighted by molar-refractivity contribution is 6.76. The lowest BCUT2D eigenvalue weighted by Gasteiger charge is -2.36. The van der Waals surface area contributed by atoms with Crippen molar-refractivity contribution in [2.75, 3.05) is 18.1 Å². The van der Waals surface area contributed by atoms with Gasteiger partial charge >= 0.3 is 0 Å². The third kappa shape index (κ3) is 6.26. The lowest BCUT2D eigenvalue weighted by atomic mass is 9.68. The van der Waals surface area contributed by atoms with E-state index >= 15 is 0 Å². The molecule has 1 aromatic heterocycles. The fourth-order valence-electron chi connectivity index (χ4n) is 5.58. The van der Waals surface area contributed by atoms with E-state index in [1.165, 1.54) is 17.3 Å². The summed E-state index contributed by atoms with van der Waals surface area (Å²) in [7, 11) is -1.07. The Balaban J connectivity index is 1.30. The second kappa shape index (κ2) is 10.2. The van der Waals surface area contributed by atoms with Gasteiger partial charge in [0.2, 0.25) is 5.91 Å². The summed E-state index contributed by atoms with van der Waals surface area (Å²) in [5.74, 6) is 0.964. The molecule has 0 N–H and O–H groups in total. The number of nitrogens with zero attached hydrogens (tertiary/aromatic N) is 3. The van der Waals surface area contributed by atoms with Crippen molar-refractivity contribution in [2.24, 2.45) is 11.3 Å². The van der Waals surface area contributed by atoms with Crippen LogP contribution in [0.3, 0.4) is 0 Å². The molecule has 2 aliphatic rings. The number of hydrogen-bond acceptors (Lipinski definition) is 3. The molecule has 0 atom stereocenters. The van der Waals surface area contributed by atoms with E-state index < -0.39 is 8.07 Å². The molecule has 1 saturated heterocycles. The van der Waals surface area contributed by atoms with Crippen LogP contribution in [0.4, 0.5) is 5.69 Å². The molecule has 192 valence electrons. The number of carbonyl (C=O) groups excluding carboxylic acids is 1. The minimum atomic E-state index is -1.07. The summed E-state index contributed by atoms with van der Waals surface area (Å²) < 4.78 is 7.96. The van der Waals surface area contributed by atoms with Crippen LogP contribution in [-0.2, 0) is 28.1 Å². The highest BCUT2D eigenvalue weighted by Crippen LogP contribution is 2.48. The molecule has 1 aromatic carbocycles. The summed E-state index contributed by atoms with van der Waals surface area (Å²) in [5, 5.41) is 4.51. The first-order valence-corrected chi connectivity index (χ1v) is 17.2. The van der Waals surface area contributed by atoms with E-state index in [1.807, 2.05) is 15.8 Å². The highest BCUT2D eigenvalue weighted by atomic mass is 28.3. The van der Waals surface area contributed by atoms with E-state index in [9.17, 15) is 4.79 Å². The third-order valence-corrected chi connectivity index (χ3v) is 9.84. The number of benzene rings is 1. The molecule has 2 heterocycles. The molecule has 4 rings (SSSR count). The van der Waals surface area contributed by atoms with Crippen molar-refractivity contribution in [1.82, 2.24) is 9.78 Å². The Morgan fingerprint density at radius 1 is 1.06 bits per heavy atom. The summed E-state index contributed by atoms with van der Waals surface area (Å²) >= 11 is 0. The summed E-state index contributed by atoms with van der Waals surface area (Å²) in [6, 6.07) is 12.0. The fourth-order valence-corrected chi connectivity index (χ4v) is 6.34. The molecule has 5 nitrogen and oxygen atoms in total. The van der Waals surface area contributed by atoms with Crippen molar-refractivity contribution in [3.8, 4) is 0 Å². The van der Waals surface area contributed by atoms with Gasteiger partial charge < -0.3 is 9.64 Å². The highest BCUT2D eigenvalue weighted by Gasteiger charge is 2.48. The number of amides is 1. The molecular formula is C29H45N3O2Si. The Kier molecular flexibility index (Phi) is 7.63. The summed E-state index contributed by atoms with van der Waals surface area (Å²) in [6.07, 6.45) is 8.16. The number of aromatic nitrogens is 2. The molecule has 0 unspecified atom stereocenters. The number of carbonyl (C=O) groups is 1. The molecule has 1 amide bonds. The third-order valence-electron chi connectivity index (χ3n) is 8.13. The number of rotatable bonds is 8. The maximum atomic E-state index is 13.6. The van der Waals surface area contributed by atoms with Crippen LogP contribution in [0.15, 0.2) is 36.5 Å². The quantitative estimate of drug-likeness (QED) is 0.304. The Morgan fingerprint density at radius 3 is 2.37 bits per heavy atom. The lowest BCUT2D eigenvalue weighted by molar-refractivity contribution is -0.127. The monoisotopic (exact) mass is 495 g/mol. The van der Waals surface area contributed by atoms with Crippen molar-refractivity contribution < 1.29 is 9.53 Å². The molecule has 1 aliphatic carbocycles. The zero-order chi connectivity index (χ0) is 25.3. The zero-order valence-electron chi connectivity index (χ0n) is 22.8. The van der Waals surface area contributed by atoms with Gasteiger partial charge in [-0.1, -0.05) is 52.5 Å². The first-order valence-electron chi connectivity index (χ1n) is 13.5. The van der Waals surface area contributed by atoms with Gasteiger partial charge in [0.1, 0.15) is 6.73 Å². The summed E-state index contributed by atoms with van der Waals surface area (Å²) in [4.78, 5) is 15.6. The topological polar surface area (TPSA) is 47.4 Å². The van der Waals surface area contributed by atoms with Crippen LogP contribution in [-0.4, -0.2) is 36.9 Å². The summed E-state index contributed by atoms with van der Waals surface area (Å²) in [5.41, 5.74) is 3.60. The SMILES string of the molecule is CC(C)(C)c1ccc(N2CCC3(CCC(Cc4ccnn4COCC[Si](C)(C)C)CC3)C2=O)cc1. The predicted octanol–water partition coefficient (Wildman–Crippen LogP) is 6.65. The van der Waals surface area contributed by atoms with Gasteiger partial charge in [0, 0.05) is 38.8 Å². The van der Waals surface area contributed by atoms with E-state index in [0.717, 1.165) is 57.4 Å². The molecule has 1 aliphatic heterocycles. The first kappa shape index (κ1) is 26.1. The normalized spacial score (nSPS) is 23.4. The Bertz CT molecular complexity index is 992. The average molecular weight is 496 g/mol. The second-order valence-corrected chi connectivity index (χ2v) is 18.7. The van der Waals surface area contributed by atoms with Gasteiger partial charge in [-0.15, -0.1) is 0 Å². The van der Waals surface area contributed by atoms with Gasteiger partial charge in [0.25, 0.3) is 0 Å². The second-order valence-electron chi connectivity index (χ2n) is 13.1. The molecule has 1 spiro atoms. The largest absolute Gasteiger partial charge is 0.360 e. The number of anilines is 1. The lowest BCUT2D eigenvalue weighted by Crippen LogP contribution is -2.38. The number of ether oxygens (including phenoxy) is 1. The van der Waals surface area contributed by atoms with Crippen molar-refractivity contribution in [3.05, 3.63) is 47.8 Å². The van der Waals surface area contributed by atoms with E-state index in [-0.39, 0.29) is 10.8 Å². The van der Waals surface area contributed by atoms with Gasteiger partial charge in [-0.2, -0.15) is 5.10 Å². The van der Waals surface area contributed by atoms with Crippen LogP contribution >= 0.6 is 0 Å². The maximum absolute atomic E-state index is 13.6. The van der Waals surface area contributed by atoms with Crippen LogP contribution in [0, 0.1) is 11.3 Å². The van der Waals surface area contributed by atoms with Crippen LogP contribution in [0.25, 0.3) is 0 Å². The summed E-state index contributed by atoms with van der Waals surface area (Å²) in [6.45, 7) is 16.0. The zero-order valence-corrected chi connectivity index (χ0v) is 23.8. The van der Waals surface area contributed by atoms with E-state index in [2.05, 4.69) is 75.8 Å². The molecule has 6 heteroatoms. The molecule has 35 heavy (non-hydrogen) atoms. The van der Waals surface area contributed by atoms with Crippen LogP contribution in [0.1, 0.15) is 64.1 Å². The maximum Gasteiger partial charge on any atom is 0.233 e. The molecular weight excluding hydrogens is 450 g/mol.